The van der Waals surface area contributed by atoms with Crippen molar-refractivity contribution in [3.05, 3.63) is 47.8 Å². The van der Waals surface area contributed by atoms with Crippen molar-refractivity contribution in [3.63, 3.8) is 0 Å². The molecular formula is C14H16F3N3. The minimum atomic E-state index is -1.50. The maximum Gasteiger partial charge on any atom is 0.196 e. The minimum Gasteiger partial charge on any atom is -0.323 e. The van der Waals surface area contributed by atoms with Gasteiger partial charge in [-0.3, -0.25) is 4.57 Å². The molecule has 6 heteroatoms. The van der Waals surface area contributed by atoms with Gasteiger partial charge in [-0.15, -0.1) is 0 Å². The summed E-state index contributed by atoms with van der Waals surface area (Å²) in [6, 6.07) is 1.69. The van der Waals surface area contributed by atoms with E-state index in [0.29, 0.717) is 18.0 Å². The molecule has 3 nitrogen and oxygen atoms in total. The molecule has 1 aromatic carbocycles. The number of benzene rings is 1. The zero-order valence-electron chi connectivity index (χ0n) is 11.3. The first-order valence-electron chi connectivity index (χ1n) is 6.33. The maximum atomic E-state index is 13.8. The van der Waals surface area contributed by atoms with Crippen LogP contribution in [0.5, 0.6) is 0 Å². The van der Waals surface area contributed by atoms with Gasteiger partial charge < -0.3 is 5.73 Å². The largest absolute Gasteiger partial charge is 0.323 e. The third kappa shape index (κ3) is 2.70. The Morgan fingerprint density at radius 2 is 1.90 bits per heavy atom. The third-order valence-corrected chi connectivity index (χ3v) is 3.05. The van der Waals surface area contributed by atoms with Crippen LogP contribution in [0.15, 0.2) is 24.7 Å². The van der Waals surface area contributed by atoms with Crippen LogP contribution in [0.25, 0.3) is 5.69 Å². The smallest absolute Gasteiger partial charge is 0.196 e. The fourth-order valence-electron chi connectivity index (χ4n) is 2.11. The summed E-state index contributed by atoms with van der Waals surface area (Å²) in [4.78, 5) is 3.92. The summed E-state index contributed by atoms with van der Waals surface area (Å²) in [6.07, 6.45) is 3.52. The molecule has 0 aliphatic heterocycles. The predicted octanol–water partition coefficient (Wildman–Crippen LogP) is 3.34. The molecule has 1 heterocycles. The van der Waals surface area contributed by atoms with Gasteiger partial charge in [0.15, 0.2) is 17.5 Å². The molecule has 108 valence electrons. The zero-order valence-corrected chi connectivity index (χ0v) is 11.3. The molecule has 1 atom stereocenters. The molecule has 0 fully saturated rings. The van der Waals surface area contributed by atoms with E-state index in [0.717, 1.165) is 6.07 Å². The molecule has 0 aliphatic rings. The standard InChI is InChI=1S/C14H16F3N3/c1-8(2)5-10(18)12-6-19-7-20(12)11-4-3-9(15)13(16)14(11)17/h3-4,6-8,10H,5,18H2,1-2H3. The van der Waals surface area contributed by atoms with Crippen molar-refractivity contribution in [2.24, 2.45) is 11.7 Å². The van der Waals surface area contributed by atoms with Crippen LogP contribution < -0.4 is 5.73 Å². The van der Waals surface area contributed by atoms with Crippen molar-refractivity contribution in [1.82, 2.24) is 9.55 Å². The summed E-state index contributed by atoms with van der Waals surface area (Å²) in [5.74, 6) is -3.62. The molecule has 2 rings (SSSR count). The Balaban J connectivity index is 2.45. The molecule has 0 aliphatic carbocycles. The Labute approximate surface area is 115 Å². The predicted molar refractivity (Wildman–Crippen MR) is 69.8 cm³/mol. The molecule has 0 bridgehead atoms. The summed E-state index contributed by atoms with van der Waals surface area (Å²) in [7, 11) is 0. The molecule has 0 saturated heterocycles. The lowest BCUT2D eigenvalue weighted by molar-refractivity contribution is 0.442. The number of hydrogen-bond donors (Lipinski definition) is 1. The van der Waals surface area contributed by atoms with Gasteiger partial charge in [0.1, 0.15) is 0 Å². The van der Waals surface area contributed by atoms with E-state index in [4.69, 9.17) is 5.73 Å². The van der Waals surface area contributed by atoms with Crippen molar-refractivity contribution < 1.29 is 13.2 Å². The Morgan fingerprint density at radius 1 is 1.20 bits per heavy atom. The quantitative estimate of drug-likeness (QED) is 0.875. The van der Waals surface area contributed by atoms with E-state index in [1.807, 2.05) is 13.8 Å². The highest BCUT2D eigenvalue weighted by Gasteiger charge is 2.19. The number of halogens is 3. The first-order valence-corrected chi connectivity index (χ1v) is 6.33. The van der Waals surface area contributed by atoms with Crippen LogP contribution in [0.4, 0.5) is 13.2 Å². The van der Waals surface area contributed by atoms with Crippen LogP contribution in [0.1, 0.15) is 32.0 Å². The van der Waals surface area contributed by atoms with Gasteiger partial charge in [0, 0.05) is 6.04 Å². The summed E-state index contributed by atoms with van der Waals surface area (Å²) in [5.41, 5.74) is 6.50. The molecule has 2 N–H and O–H groups in total. The van der Waals surface area contributed by atoms with Gasteiger partial charge in [-0.05, 0) is 24.5 Å². The summed E-state index contributed by atoms with van der Waals surface area (Å²) >= 11 is 0. The first-order chi connectivity index (χ1) is 9.41. The van der Waals surface area contributed by atoms with Crippen LogP contribution >= 0.6 is 0 Å². The Morgan fingerprint density at radius 3 is 2.55 bits per heavy atom. The second-order valence-corrected chi connectivity index (χ2v) is 5.12. The molecule has 2 aromatic rings. The van der Waals surface area contributed by atoms with Crippen molar-refractivity contribution in [2.75, 3.05) is 0 Å². The number of aromatic nitrogens is 2. The second kappa shape index (κ2) is 5.66. The molecule has 20 heavy (non-hydrogen) atoms. The van der Waals surface area contributed by atoms with Crippen molar-refractivity contribution >= 4 is 0 Å². The monoisotopic (exact) mass is 283 g/mol. The fraction of sp³-hybridized carbons (Fsp3) is 0.357. The third-order valence-electron chi connectivity index (χ3n) is 3.05. The Hall–Kier alpha value is -1.82. The molecule has 0 spiro atoms. The van der Waals surface area contributed by atoms with Crippen molar-refractivity contribution in [3.8, 4) is 5.69 Å². The second-order valence-electron chi connectivity index (χ2n) is 5.12. The molecule has 0 amide bonds. The molecule has 1 aromatic heterocycles. The van der Waals surface area contributed by atoms with Crippen LogP contribution in [0.2, 0.25) is 0 Å². The number of hydrogen-bond acceptors (Lipinski definition) is 2. The number of nitrogens with two attached hydrogens (primary N) is 1. The SMILES string of the molecule is CC(C)CC(N)c1cncn1-c1ccc(F)c(F)c1F. The molecule has 0 radical (unpaired) electrons. The van der Waals surface area contributed by atoms with Gasteiger partial charge in [0.25, 0.3) is 0 Å². The van der Waals surface area contributed by atoms with Gasteiger partial charge in [-0.25, -0.2) is 18.2 Å². The molecule has 0 saturated carbocycles. The lowest BCUT2D eigenvalue weighted by atomic mass is 10.0. The van der Waals surface area contributed by atoms with E-state index >= 15 is 0 Å². The van der Waals surface area contributed by atoms with E-state index in [1.165, 1.54) is 23.2 Å². The maximum absolute atomic E-state index is 13.8. The van der Waals surface area contributed by atoms with Crippen LogP contribution in [-0.2, 0) is 0 Å². The van der Waals surface area contributed by atoms with Crippen LogP contribution in [-0.4, -0.2) is 9.55 Å². The van der Waals surface area contributed by atoms with E-state index in [9.17, 15) is 13.2 Å². The normalized spacial score (nSPS) is 12.9. The van der Waals surface area contributed by atoms with Gasteiger partial charge in [0.05, 0.1) is 23.9 Å². The number of rotatable bonds is 4. The average molecular weight is 283 g/mol. The van der Waals surface area contributed by atoms with E-state index < -0.39 is 17.5 Å². The molecule has 1 unspecified atom stereocenters. The van der Waals surface area contributed by atoms with E-state index in [1.54, 1.807) is 0 Å². The van der Waals surface area contributed by atoms with Gasteiger partial charge >= 0.3 is 0 Å². The first kappa shape index (κ1) is 14.6. The van der Waals surface area contributed by atoms with E-state index in [2.05, 4.69) is 4.98 Å². The highest BCUT2D eigenvalue weighted by Crippen LogP contribution is 2.24. The highest BCUT2D eigenvalue weighted by atomic mass is 19.2. The number of imidazole rings is 1. The Bertz CT molecular complexity index is 608. The minimum absolute atomic E-state index is 0.101. The zero-order chi connectivity index (χ0) is 14.9. The lowest BCUT2D eigenvalue weighted by Crippen LogP contribution is -2.17. The van der Waals surface area contributed by atoms with Crippen LogP contribution in [0, 0.1) is 23.4 Å². The van der Waals surface area contributed by atoms with Crippen LogP contribution in [0.3, 0.4) is 0 Å². The van der Waals surface area contributed by atoms with Crippen molar-refractivity contribution in [1.29, 1.82) is 0 Å². The fourth-order valence-corrected chi connectivity index (χ4v) is 2.11. The van der Waals surface area contributed by atoms with Gasteiger partial charge in [-0.1, -0.05) is 13.8 Å². The number of nitrogens with zero attached hydrogens (tertiary/aromatic N) is 2. The van der Waals surface area contributed by atoms with Gasteiger partial charge in [-0.2, -0.15) is 0 Å². The summed E-state index contributed by atoms with van der Waals surface area (Å²) in [5, 5.41) is 0. The molecular weight excluding hydrogens is 267 g/mol. The summed E-state index contributed by atoms with van der Waals surface area (Å²) in [6.45, 7) is 4.03. The average Bonchev–Trinajstić information content (AvgIpc) is 2.84. The topological polar surface area (TPSA) is 43.8 Å². The van der Waals surface area contributed by atoms with Gasteiger partial charge in [0.2, 0.25) is 0 Å². The Kier molecular flexibility index (Phi) is 4.13. The lowest BCUT2D eigenvalue weighted by Gasteiger charge is -2.17. The highest BCUT2D eigenvalue weighted by molar-refractivity contribution is 5.37. The van der Waals surface area contributed by atoms with E-state index in [-0.39, 0.29) is 11.7 Å². The summed E-state index contributed by atoms with van der Waals surface area (Å²) < 4.78 is 41.5. The van der Waals surface area contributed by atoms with Crippen molar-refractivity contribution in [2.45, 2.75) is 26.3 Å².